The number of aryl methyl sites for hydroxylation is 2. The molecule has 0 saturated carbocycles. The van der Waals surface area contributed by atoms with Crippen LogP contribution in [0, 0.1) is 13.8 Å². The van der Waals surface area contributed by atoms with Crippen molar-refractivity contribution in [2.24, 2.45) is 0 Å². The maximum atomic E-state index is 9.94. The molecule has 18 heavy (non-hydrogen) atoms. The summed E-state index contributed by atoms with van der Waals surface area (Å²) in [7, 11) is 0. The molecule has 0 aliphatic rings. The van der Waals surface area contributed by atoms with Crippen LogP contribution in [0.1, 0.15) is 11.3 Å². The van der Waals surface area contributed by atoms with Crippen LogP contribution in [0.3, 0.4) is 0 Å². The third-order valence-corrected chi connectivity index (χ3v) is 2.89. The van der Waals surface area contributed by atoms with Crippen LogP contribution >= 0.6 is 0 Å². The normalized spacial score (nSPS) is 11.0. The van der Waals surface area contributed by atoms with Gasteiger partial charge in [-0.15, -0.1) is 0 Å². The van der Waals surface area contributed by atoms with Gasteiger partial charge in [0.1, 0.15) is 11.6 Å². The predicted molar refractivity (Wildman–Crippen MR) is 70.5 cm³/mol. The third-order valence-electron chi connectivity index (χ3n) is 2.89. The fraction of sp³-hybridized carbons (Fsp3) is 0.143. The van der Waals surface area contributed by atoms with Crippen molar-refractivity contribution >= 4 is 11.2 Å². The number of aromatic hydroxyl groups is 1. The number of rotatable bonds is 1. The summed E-state index contributed by atoms with van der Waals surface area (Å²) < 4.78 is 0. The highest BCUT2D eigenvalue weighted by atomic mass is 16.3. The van der Waals surface area contributed by atoms with Gasteiger partial charge in [-0.05, 0) is 43.7 Å². The van der Waals surface area contributed by atoms with E-state index in [1.54, 1.807) is 6.07 Å². The molecule has 0 spiro atoms. The Bertz CT molecular complexity index is 731. The molecule has 3 rings (SSSR count). The number of nitrogens with zero attached hydrogens (tertiary/aromatic N) is 2. The van der Waals surface area contributed by atoms with Crippen molar-refractivity contribution < 1.29 is 5.11 Å². The first-order valence-electron chi connectivity index (χ1n) is 5.77. The Morgan fingerprint density at radius 1 is 1.06 bits per heavy atom. The summed E-state index contributed by atoms with van der Waals surface area (Å²) in [6.07, 6.45) is 0. The van der Waals surface area contributed by atoms with Crippen molar-refractivity contribution in [1.82, 2.24) is 15.0 Å². The molecule has 4 heteroatoms. The topological polar surface area (TPSA) is 61.8 Å². The molecule has 2 N–H and O–H groups in total. The van der Waals surface area contributed by atoms with Gasteiger partial charge in [-0.3, -0.25) is 0 Å². The molecule has 0 bridgehead atoms. The van der Waals surface area contributed by atoms with E-state index in [2.05, 4.69) is 15.0 Å². The average molecular weight is 239 g/mol. The number of fused-ring (bicyclic) bond motifs is 1. The highest BCUT2D eigenvalue weighted by molar-refractivity contribution is 5.77. The Kier molecular flexibility index (Phi) is 2.30. The molecular weight excluding hydrogens is 226 g/mol. The quantitative estimate of drug-likeness (QED) is 0.686. The SMILES string of the molecule is Cc1ccc(-c2nc3nc(C)ccc3[nH]2)c(O)c1. The van der Waals surface area contributed by atoms with Gasteiger partial charge in [-0.25, -0.2) is 9.97 Å². The molecule has 0 aliphatic heterocycles. The average Bonchev–Trinajstić information content (AvgIpc) is 2.71. The molecule has 2 aromatic heterocycles. The van der Waals surface area contributed by atoms with Crippen molar-refractivity contribution in [3.63, 3.8) is 0 Å². The number of nitrogens with one attached hydrogen (secondary N) is 1. The van der Waals surface area contributed by atoms with Crippen molar-refractivity contribution in [3.05, 3.63) is 41.6 Å². The van der Waals surface area contributed by atoms with Gasteiger partial charge in [0.2, 0.25) is 0 Å². The number of phenolic OH excluding ortho intramolecular Hbond substituents is 1. The zero-order valence-electron chi connectivity index (χ0n) is 10.2. The number of hydrogen-bond acceptors (Lipinski definition) is 3. The van der Waals surface area contributed by atoms with E-state index in [0.717, 1.165) is 16.8 Å². The molecule has 0 fully saturated rings. The van der Waals surface area contributed by atoms with Gasteiger partial charge in [0.25, 0.3) is 0 Å². The van der Waals surface area contributed by atoms with Crippen LogP contribution in [0.15, 0.2) is 30.3 Å². The van der Waals surface area contributed by atoms with E-state index in [1.807, 2.05) is 38.1 Å². The second-order valence-electron chi connectivity index (χ2n) is 4.43. The Morgan fingerprint density at radius 2 is 1.89 bits per heavy atom. The van der Waals surface area contributed by atoms with Crippen LogP contribution in [-0.2, 0) is 0 Å². The molecule has 0 amide bonds. The molecule has 3 aromatic rings. The largest absolute Gasteiger partial charge is 0.507 e. The van der Waals surface area contributed by atoms with Gasteiger partial charge >= 0.3 is 0 Å². The second kappa shape index (κ2) is 3.84. The molecule has 1 aromatic carbocycles. The maximum Gasteiger partial charge on any atom is 0.178 e. The molecule has 0 unspecified atom stereocenters. The lowest BCUT2D eigenvalue weighted by atomic mass is 10.1. The predicted octanol–water partition coefficient (Wildman–Crippen LogP) is 2.95. The van der Waals surface area contributed by atoms with Gasteiger partial charge in [-0.1, -0.05) is 6.07 Å². The summed E-state index contributed by atoms with van der Waals surface area (Å²) in [6, 6.07) is 9.40. The van der Waals surface area contributed by atoms with E-state index in [-0.39, 0.29) is 5.75 Å². The van der Waals surface area contributed by atoms with E-state index in [1.165, 1.54) is 0 Å². The molecular formula is C14H13N3O. The molecule has 2 heterocycles. The monoisotopic (exact) mass is 239 g/mol. The lowest BCUT2D eigenvalue weighted by Gasteiger charge is -2.01. The minimum atomic E-state index is 0.228. The molecule has 0 radical (unpaired) electrons. The maximum absolute atomic E-state index is 9.94. The summed E-state index contributed by atoms with van der Waals surface area (Å²) in [4.78, 5) is 11.9. The van der Waals surface area contributed by atoms with E-state index in [9.17, 15) is 5.11 Å². The van der Waals surface area contributed by atoms with Crippen LogP contribution in [0.2, 0.25) is 0 Å². The lowest BCUT2D eigenvalue weighted by molar-refractivity contribution is 0.476. The summed E-state index contributed by atoms with van der Waals surface area (Å²) in [6.45, 7) is 3.87. The van der Waals surface area contributed by atoms with E-state index >= 15 is 0 Å². The van der Waals surface area contributed by atoms with Gasteiger partial charge < -0.3 is 10.1 Å². The fourth-order valence-corrected chi connectivity index (χ4v) is 1.96. The van der Waals surface area contributed by atoms with E-state index < -0.39 is 0 Å². The highest BCUT2D eigenvalue weighted by Crippen LogP contribution is 2.28. The molecule has 0 saturated heterocycles. The van der Waals surface area contributed by atoms with Gasteiger partial charge in [0.15, 0.2) is 5.65 Å². The number of benzene rings is 1. The zero-order valence-corrected chi connectivity index (χ0v) is 10.2. The number of H-pyrrole nitrogens is 1. The summed E-state index contributed by atoms with van der Waals surface area (Å²) in [5.41, 5.74) is 4.17. The first kappa shape index (κ1) is 10.8. The first-order chi connectivity index (χ1) is 8.63. The Labute approximate surface area is 104 Å². The van der Waals surface area contributed by atoms with Crippen LogP contribution in [0.4, 0.5) is 0 Å². The number of aromatic nitrogens is 3. The van der Waals surface area contributed by atoms with E-state index in [0.29, 0.717) is 17.0 Å². The summed E-state index contributed by atoms with van der Waals surface area (Å²) >= 11 is 0. The summed E-state index contributed by atoms with van der Waals surface area (Å²) in [5.74, 6) is 0.867. The van der Waals surface area contributed by atoms with Crippen LogP contribution in [-0.4, -0.2) is 20.1 Å². The number of phenols is 1. The van der Waals surface area contributed by atoms with Crippen molar-refractivity contribution in [2.75, 3.05) is 0 Å². The van der Waals surface area contributed by atoms with Crippen molar-refractivity contribution in [3.8, 4) is 17.1 Å². The molecule has 4 nitrogen and oxygen atoms in total. The fourth-order valence-electron chi connectivity index (χ4n) is 1.96. The second-order valence-corrected chi connectivity index (χ2v) is 4.43. The standard InChI is InChI=1S/C14H13N3O/c1-8-3-5-10(12(18)7-8)13-16-11-6-4-9(2)15-14(11)17-13/h3-7,18H,1-2H3,(H,15,16,17). The van der Waals surface area contributed by atoms with Crippen molar-refractivity contribution in [2.45, 2.75) is 13.8 Å². The van der Waals surface area contributed by atoms with Gasteiger partial charge in [0, 0.05) is 5.69 Å². The van der Waals surface area contributed by atoms with Crippen molar-refractivity contribution in [1.29, 1.82) is 0 Å². The minimum Gasteiger partial charge on any atom is -0.507 e. The van der Waals surface area contributed by atoms with E-state index in [4.69, 9.17) is 0 Å². The van der Waals surface area contributed by atoms with Crippen LogP contribution in [0.5, 0.6) is 5.75 Å². The molecule has 0 atom stereocenters. The number of pyridine rings is 1. The lowest BCUT2D eigenvalue weighted by Crippen LogP contribution is -1.83. The number of hydrogen-bond donors (Lipinski definition) is 2. The zero-order chi connectivity index (χ0) is 12.7. The Balaban J connectivity index is 2.19. The minimum absolute atomic E-state index is 0.228. The summed E-state index contributed by atoms with van der Waals surface area (Å²) in [5, 5.41) is 9.94. The molecule has 0 aliphatic carbocycles. The Morgan fingerprint density at radius 3 is 2.67 bits per heavy atom. The first-order valence-corrected chi connectivity index (χ1v) is 5.77. The van der Waals surface area contributed by atoms with Crippen LogP contribution < -0.4 is 0 Å². The number of aromatic amines is 1. The highest BCUT2D eigenvalue weighted by Gasteiger charge is 2.10. The van der Waals surface area contributed by atoms with Gasteiger partial charge in [-0.2, -0.15) is 0 Å². The van der Waals surface area contributed by atoms with Gasteiger partial charge in [0.05, 0.1) is 11.1 Å². The Hall–Kier alpha value is -2.36. The molecule has 90 valence electrons. The number of imidazole rings is 1. The third kappa shape index (κ3) is 1.72. The smallest absolute Gasteiger partial charge is 0.178 e. The van der Waals surface area contributed by atoms with Crippen LogP contribution in [0.25, 0.3) is 22.6 Å².